The van der Waals surface area contributed by atoms with Crippen molar-refractivity contribution >= 4 is 23.3 Å². The Bertz CT molecular complexity index is 915. The summed E-state index contributed by atoms with van der Waals surface area (Å²) >= 11 is 1.50. The van der Waals surface area contributed by atoms with Gasteiger partial charge in [-0.25, -0.2) is 4.79 Å². The number of fused-ring (bicyclic) bond motifs is 1. The molecule has 2 aliphatic heterocycles. The van der Waals surface area contributed by atoms with Crippen LogP contribution < -0.4 is 0 Å². The average Bonchev–Trinajstić information content (AvgIpc) is 3.34. The van der Waals surface area contributed by atoms with E-state index in [1.807, 2.05) is 63.1 Å². The number of ether oxygens (including phenoxy) is 1. The van der Waals surface area contributed by atoms with E-state index in [0.29, 0.717) is 19.6 Å². The van der Waals surface area contributed by atoms with Crippen molar-refractivity contribution in [1.29, 1.82) is 0 Å². The summed E-state index contributed by atoms with van der Waals surface area (Å²) in [5.41, 5.74) is 2.08. The topological polar surface area (TPSA) is 53.1 Å². The van der Waals surface area contributed by atoms with Crippen molar-refractivity contribution in [3.8, 4) is 0 Å². The first-order valence-electron chi connectivity index (χ1n) is 11.9. The monoisotopic (exact) mass is 471 g/mol. The van der Waals surface area contributed by atoms with E-state index in [-0.39, 0.29) is 18.0 Å². The molecule has 2 aliphatic rings. The van der Waals surface area contributed by atoms with E-state index in [0.717, 1.165) is 30.9 Å². The van der Waals surface area contributed by atoms with Gasteiger partial charge < -0.3 is 14.5 Å². The van der Waals surface area contributed by atoms with Gasteiger partial charge in [0.1, 0.15) is 5.60 Å². The second kappa shape index (κ2) is 11.2. The normalized spacial score (nSPS) is 18.8. The van der Waals surface area contributed by atoms with Crippen LogP contribution in [0.5, 0.6) is 0 Å². The van der Waals surface area contributed by atoms with Crippen LogP contribution in [-0.2, 0) is 17.7 Å². The Balaban J connectivity index is 0.00000149. The van der Waals surface area contributed by atoms with Crippen molar-refractivity contribution in [2.45, 2.75) is 59.2 Å². The van der Waals surface area contributed by atoms with Gasteiger partial charge in [0, 0.05) is 45.3 Å². The first-order chi connectivity index (χ1) is 15.8. The Labute approximate surface area is 202 Å². The van der Waals surface area contributed by atoms with Gasteiger partial charge in [-0.1, -0.05) is 44.2 Å². The van der Waals surface area contributed by atoms with Crippen LogP contribution in [0, 0.1) is 0 Å². The summed E-state index contributed by atoms with van der Waals surface area (Å²) in [5.74, 6) is 0.113. The summed E-state index contributed by atoms with van der Waals surface area (Å²) in [5, 5.41) is 1.95. The van der Waals surface area contributed by atoms with E-state index < -0.39 is 5.60 Å². The van der Waals surface area contributed by atoms with Crippen LogP contribution in [0.15, 0.2) is 41.8 Å². The maximum Gasteiger partial charge on any atom is 0.410 e. The van der Waals surface area contributed by atoms with Gasteiger partial charge in [-0.05, 0) is 49.8 Å². The highest BCUT2D eigenvalue weighted by atomic mass is 32.1. The van der Waals surface area contributed by atoms with Crippen LogP contribution in [0.3, 0.4) is 0 Å². The number of hydrogen-bond acceptors (Lipinski definition) is 5. The zero-order chi connectivity index (χ0) is 24.0. The molecular weight excluding hydrogens is 434 g/mol. The number of piperazine rings is 1. The number of carbonyl (C=O) groups is 2. The number of nitrogens with zero attached hydrogens (tertiary/aromatic N) is 3. The molecule has 1 fully saturated rings. The van der Waals surface area contributed by atoms with Gasteiger partial charge in [-0.3, -0.25) is 9.69 Å². The summed E-state index contributed by atoms with van der Waals surface area (Å²) in [7, 11) is 0. The highest BCUT2D eigenvalue weighted by Crippen LogP contribution is 2.27. The fraction of sp³-hybridized carbons (Fsp3) is 0.538. The summed E-state index contributed by atoms with van der Waals surface area (Å²) < 4.78 is 5.51. The molecule has 1 atom stereocenters. The summed E-state index contributed by atoms with van der Waals surface area (Å²) in [4.78, 5) is 32.6. The van der Waals surface area contributed by atoms with Crippen LogP contribution in [0.2, 0.25) is 0 Å². The molecule has 0 bridgehead atoms. The van der Waals surface area contributed by atoms with E-state index in [2.05, 4.69) is 23.1 Å². The highest BCUT2D eigenvalue weighted by molar-refractivity contribution is 7.12. The molecule has 1 saturated heterocycles. The molecule has 1 aromatic heterocycles. The smallest absolute Gasteiger partial charge is 0.410 e. The van der Waals surface area contributed by atoms with E-state index in [9.17, 15) is 9.59 Å². The molecule has 0 spiro atoms. The third-order valence-corrected chi connectivity index (χ3v) is 6.70. The molecule has 0 radical (unpaired) electrons. The molecule has 1 aromatic carbocycles. The number of hydrogen-bond donors (Lipinski definition) is 0. The quantitative estimate of drug-likeness (QED) is 0.639. The largest absolute Gasteiger partial charge is 0.444 e. The van der Waals surface area contributed by atoms with Crippen LogP contribution in [0.25, 0.3) is 0 Å². The number of carbonyl (C=O) groups excluding carboxylic acids is 2. The van der Waals surface area contributed by atoms with Crippen LogP contribution in [-0.4, -0.2) is 71.1 Å². The maximum absolute atomic E-state index is 13.2. The van der Waals surface area contributed by atoms with E-state index in [1.165, 1.54) is 22.5 Å². The molecule has 0 unspecified atom stereocenters. The van der Waals surface area contributed by atoms with Crippen molar-refractivity contribution in [3.05, 3.63) is 57.8 Å². The number of rotatable bonds is 3. The lowest BCUT2D eigenvalue weighted by atomic mass is 9.93. The zero-order valence-corrected chi connectivity index (χ0v) is 21.4. The first-order valence-corrected chi connectivity index (χ1v) is 12.8. The van der Waals surface area contributed by atoms with E-state index in [1.54, 1.807) is 4.90 Å². The molecule has 6 nitrogen and oxygen atoms in total. The van der Waals surface area contributed by atoms with E-state index >= 15 is 0 Å². The minimum atomic E-state index is -0.480. The van der Waals surface area contributed by atoms with Crippen molar-refractivity contribution < 1.29 is 14.3 Å². The van der Waals surface area contributed by atoms with Gasteiger partial charge in [0.15, 0.2) is 0 Å². The van der Waals surface area contributed by atoms with Crippen molar-refractivity contribution in [2.75, 3.05) is 32.7 Å². The highest BCUT2D eigenvalue weighted by Gasteiger charge is 2.33. The first kappa shape index (κ1) is 25.2. The minimum Gasteiger partial charge on any atom is -0.444 e. The lowest BCUT2D eigenvalue weighted by Gasteiger charge is -2.42. The summed E-state index contributed by atoms with van der Waals surface area (Å²) in [6.45, 7) is 14.0. The van der Waals surface area contributed by atoms with Crippen molar-refractivity contribution in [2.24, 2.45) is 0 Å². The number of thiophene rings is 1. The lowest BCUT2D eigenvalue weighted by Crippen LogP contribution is -2.55. The standard InChI is InChI=1S/C24H31N3O3S.C2H6/c1-24(2,3)30-23(29)26-12-10-25(11-13-26)17-20-15-18-7-4-5-8-19(18)16-27(20)22(28)21-9-6-14-31-21;1-2/h4-9,14,20H,10-13,15-17H2,1-3H3;1-2H3/t20-;/m1./s1. The molecule has 7 heteroatoms. The SMILES string of the molecule is CC.CC(C)(C)OC(=O)N1CCN(C[C@H]2Cc3ccccc3CN2C(=O)c2cccs2)CC1. The third kappa shape index (κ3) is 6.58. The zero-order valence-electron chi connectivity index (χ0n) is 20.5. The van der Waals surface area contributed by atoms with Gasteiger partial charge in [0.2, 0.25) is 0 Å². The predicted molar refractivity (Wildman–Crippen MR) is 134 cm³/mol. The molecule has 2 aromatic rings. The molecule has 4 rings (SSSR count). The summed E-state index contributed by atoms with van der Waals surface area (Å²) in [6, 6.07) is 12.4. The molecule has 0 N–H and O–H groups in total. The van der Waals surface area contributed by atoms with Crippen molar-refractivity contribution in [3.63, 3.8) is 0 Å². The molecule has 33 heavy (non-hydrogen) atoms. The molecule has 2 amide bonds. The Kier molecular flexibility index (Phi) is 8.54. The lowest BCUT2D eigenvalue weighted by molar-refractivity contribution is 0.0116. The third-order valence-electron chi connectivity index (χ3n) is 5.84. The maximum atomic E-state index is 13.2. The van der Waals surface area contributed by atoms with Crippen LogP contribution in [0.1, 0.15) is 55.4 Å². The van der Waals surface area contributed by atoms with Crippen LogP contribution in [0.4, 0.5) is 4.79 Å². The van der Waals surface area contributed by atoms with E-state index in [4.69, 9.17) is 4.74 Å². The Morgan fingerprint density at radius 2 is 1.67 bits per heavy atom. The van der Waals surface area contributed by atoms with Gasteiger partial charge in [-0.15, -0.1) is 11.3 Å². The molecule has 180 valence electrons. The Hall–Kier alpha value is -2.38. The Morgan fingerprint density at radius 3 is 2.27 bits per heavy atom. The fourth-order valence-corrected chi connectivity index (χ4v) is 4.95. The second-order valence-corrected chi connectivity index (χ2v) is 10.3. The Morgan fingerprint density at radius 1 is 1.00 bits per heavy atom. The minimum absolute atomic E-state index is 0.113. The van der Waals surface area contributed by atoms with Gasteiger partial charge in [-0.2, -0.15) is 0 Å². The molecule has 3 heterocycles. The van der Waals surface area contributed by atoms with Crippen molar-refractivity contribution in [1.82, 2.24) is 14.7 Å². The molecular formula is C26H37N3O3S. The molecule has 0 aliphatic carbocycles. The molecule has 0 saturated carbocycles. The number of amides is 2. The average molecular weight is 472 g/mol. The van der Waals surface area contributed by atoms with Gasteiger partial charge >= 0.3 is 6.09 Å². The van der Waals surface area contributed by atoms with Gasteiger partial charge in [0.25, 0.3) is 5.91 Å². The number of benzene rings is 1. The fourth-order valence-electron chi connectivity index (χ4n) is 4.27. The van der Waals surface area contributed by atoms with Gasteiger partial charge in [0.05, 0.1) is 4.88 Å². The predicted octanol–water partition coefficient (Wildman–Crippen LogP) is 4.89. The van der Waals surface area contributed by atoms with Crippen LogP contribution >= 0.6 is 11.3 Å². The second-order valence-electron chi connectivity index (χ2n) is 9.31. The summed E-state index contributed by atoms with van der Waals surface area (Å²) in [6.07, 6.45) is 0.618.